The average Bonchev–Trinajstić information content (AvgIpc) is 3.25. The van der Waals surface area contributed by atoms with E-state index in [1.165, 1.54) is 4.31 Å². The van der Waals surface area contributed by atoms with Crippen LogP contribution in [0.1, 0.15) is 42.0 Å². The lowest BCUT2D eigenvalue weighted by Gasteiger charge is -2.41. The van der Waals surface area contributed by atoms with Crippen molar-refractivity contribution in [3.05, 3.63) is 58.2 Å². The molecule has 2 aromatic carbocycles. The quantitative estimate of drug-likeness (QED) is 0.465. The summed E-state index contributed by atoms with van der Waals surface area (Å²) in [4.78, 5) is 18.6. The Bertz CT molecular complexity index is 1590. The molecular weight excluding hydrogens is 538 g/mol. The lowest BCUT2D eigenvalue weighted by molar-refractivity contribution is -0.122. The Morgan fingerprint density at radius 3 is 2.51 bits per heavy atom. The van der Waals surface area contributed by atoms with Crippen molar-refractivity contribution in [1.29, 1.82) is 5.26 Å². The number of nitrogens with zero attached hydrogens (tertiary/aromatic N) is 3. The number of hydrogen-bond acceptors (Lipinski definition) is 6. The van der Waals surface area contributed by atoms with Crippen molar-refractivity contribution >= 4 is 44.1 Å². The number of likely N-dealkylation sites (tertiary alicyclic amines) is 1. The number of fused-ring (bicyclic) bond motifs is 1. The zero-order valence-corrected chi connectivity index (χ0v) is 23.2. The Labute approximate surface area is 232 Å². The number of halogens is 1. The van der Waals surface area contributed by atoms with Gasteiger partial charge < -0.3 is 15.0 Å². The second kappa shape index (κ2) is 10.2. The molecule has 2 N–H and O–H groups in total. The van der Waals surface area contributed by atoms with Gasteiger partial charge in [0.05, 0.1) is 24.8 Å². The lowest BCUT2D eigenvalue weighted by Crippen LogP contribution is -2.56. The topological polar surface area (TPSA) is 119 Å². The number of hydrogen-bond donors (Lipinski definition) is 2. The first-order valence-corrected chi connectivity index (χ1v) is 15.0. The van der Waals surface area contributed by atoms with Gasteiger partial charge in [-0.2, -0.15) is 9.57 Å². The number of carbonyl (C=O) groups is 1. The molecule has 3 aliphatic heterocycles. The van der Waals surface area contributed by atoms with Crippen molar-refractivity contribution in [2.24, 2.45) is 0 Å². The molecule has 1 aromatic heterocycles. The molecule has 6 rings (SSSR count). The molecular formula is C28H30ClN5O4S. The Morgan fingerprint density at radius 1 is 1.13 bits per heavy atom. The van der Waals surface area contributed by atoms with E-state index in [-0.39, 0.29) is 17.1 Å². The first kappa shape index (κ1) is 26.3. The van der Waals surface area contributed by atoms with Crippen LogP contribution in [0.5, 0.6) is 0 Å². The van der Waals surface area contributed by atoms with E-state index in [9.17, 15) is 18.5 Å². The smallest absolute Gasteiger partial charge is 0.245 e. The highest BCUT2D eigenvalue weighted by atomic mass is 35.5. The third kappa shape index (κ3) is 4.83. The molecule has 9 nitrogen and oxygen atoms in total. The molecule has 3 aliphatic rings. The SMILES string of the molecule is Cc1cc(S(=O)(=O)N2CC[C@H]2C(=O)Nc2ccc(C3CCN(C4COC4)CC3)c(Cl)c2)c2[nH]c(C#N)cc2c1. The van der Waals surface area contributed by atoms with E-state index >= 15 is 0 Å². The summed E-state index contributed by atoms with van der Waals surface area (Å²) in [5, 5.41) is 13.4. The van der Waals surface area contributed by atoms with Crippen molar-refractivity contribution < 1.29 is 17.9 Å². The molecule has 0 bridgehead atoms. The van der Waals surface area contributed by atoms with Gasteiger partial charge in [-0.05, 0) is 86.7 Å². The van der Waals surface area contributed by atoms with Gasteiger partial charge in [0.25, 0.3) is 0 Å². The maximum absolute atomic E-state index is 13.6. The number of sulfonamides is 1. The van der Waals surface area contributed by atoms with Crippen molar-refractivity contribution in [2.45, 2.75) is 49.1 Å². The number of piperidine rings is 1. The lowest BCUT2D eigenvalue weighted by atomic mass is 9.88. The number of nitrogens with one attached hydrogen (secondary N) is 2. The number of aryl methyl sites for hydroxylation is 1. The molecule has 0 radical (unpaired) electrons. The van der Waals surface area contributed by atoms with Crippen LogP contribution >= 0.6 is 11.6 Å². The number of rotatable bonds is 6. The van der Waals surface area contributed by atoms with Crippen molar-refractivity contribution in [2.75, 3.05) is 38.2 Å². The van der Waals surface area contributed by atoms with Crippen LogP contribution in [-0.2, 0) is 19.6 Å². The monoisotopic (exact) mass is 567 g/mol. The highest BCUT2D eigenvalue weighted by Gasteiger charge is 2.43. The molecule has 39 heavy (non-hydrogen) atoms. The van der Waals surface area contributed by atoms with Gasteiger partial charge in [-0.15, -0.1) is 0 Å². The van der Waals surface area contributed by atoms with E-state index in [0.717, 1.165) is 50.3 Å². The number of aromatic amines is 1. The predicted octanol–water partition coefficient (Wildman–Crippen LogP) is 3.98. The van der Waals surface area contributed by atoms with Gasteiger partial charge in [0.15, 0.2) is 0 Å². The van der Waals surface area contributed by atoms with Gasteiger partial charge in [0, 0.05) is 22.6 Å². The normalized spacial score (nSPS) is 21.3. The van der Waals surface area contributed by atoms with Crippen LogP contribution in [0, 0.1) is 18.3 Å². The van der Waals surface area contributed by atoms with Gasteiger partial charge in [-0.1, -0.05) is 17.7 Å². The maximum Gasteiger partial charge on any atom is 0.245 e. The van der Waals surface area contributed by atoms with Gasteiger partial charge in [0.1, 0.15) is 22.7 Å². The fourth-order valence-electron chi connectivity index (χ4n) is 5.83. The van der Waals surface area contributed by atoms with Crippen molar-refractivity contribution in [1.82, 2.24) is 14.2 Å². The summed E-state index contributed by atoms with van der Waals surface area (Å²) in [5.41, 5.74) is 3.03. The summed E-state index contributed by atoms with van der Waals surface area (Å²) >= 11 is 6.66. The molecule has 204 valence electrons. The number of benzene rings is 2. The molecule has 1 atom stereocenters. The number of H-pyrrole nitrogens is 1. The molecule has 0 aliphatic carbocycles. The molecule has 0 unspecified atom stereocenters. The summed E-state index contributed by atoms with van der Waals surface area (Å²) in [7, 11) is -3.98. The average molecular weight is 568 g/mol. The highest BCUT2D eigenvalue weighted by Crippen LogP contribution is 2.36. The van der Waals surface area contributed by atoms with Crippen LogP contribution in [0.4, 0.5) is 5.69 Å². The van der Waals surface area contributed by atoms with Gasteiger partial charge >= 0.3 is 0 Å². The molecule has 11 heteroatoms. The van der Waals surface area contributed by atoms with Gasteiger partial charge in [0.2, 0.25) is 15.9 Å². The third-order valence-corrected chi connectivity index (χ3v) is 10.5. The summed E-state index contributed by atoms with van der Waals surface area (Å²) in [6.45, 7) is 5.73. The number of carbonyl (C=O) groups excluding carboxylic acids is 1. The van der Waals surface area contributed by atoms with E-state index in [0.29, 0.717) is 40.0 Å². The van der Waals surface area contributed by atoms with Crippen LogP contribution in [0.3, 0.4) is 0 Å². The molecule has 3 aromatic rings. The number of ether oxygens (including phenoxy) is 1. The van der Waals surface area contributed by atoms with Gasteiger partial charge in [-0.25, -0.2) is 8.42 Å². The fraction of sp³-hybridized carbons (Fsp3) is 0.429. The second-order valence-electron chi connectivity index (χ2n) is 10.7. The summed E-state index contributed by atoms with van der Waals surface area (Å²) in [5.74, 6) is -0.0229. The molecule has 4 heterocycles. The van der Waals surface area contributed by atoms with E-state index in [1.807, 2.05) is 24.3 Å². The summed E-state index contributed by atoms with van der Waals surface area (Å²) in [6.07, 6.45) is 2.48. The predicted molar refractivity (Wildman–Crippen MR) is 148 cm³/mol. The van der Waals surface area contributed by atoms with Crippen LogP contribution < -0.4 is 5.32 Å². The Morgan fingerprint density at radius 2 is 1.90 bits per heavy atom. The summed E-state index contributed by atoms with van der Waals surface area (Å²) in [6, 6.07) is 12.3. The Hall–Kier alpha value is -2.94. The third-order valence-electron chi connectivity index (χ3n) is 8.19. The zero-order chi connectivity index (χ0) is 27.3. The van der Waals surface area contributed by atoms with E-state index in [4.69, 9.17) is 16.3 Å². The van der Waals surface area contributed by atoms with Crippen molar-refractivity contribution in [3.8, 4) is 6.07 Å². The van der Waals surface area contributed by atoms with E-state index in [1.54, 1.807) is 25.1 Å². The largest absolute Gasteiger partial charge is 0.378 e. The van der Waals surface area contributed by atoms with Crippen LogP contribution in [0.15, 0.2) is 41.3 Å². The number of anilines is 1. The molecule has 0 spiro atoms. The summed E-state index contributed by atoms with van der Waals surface area (Å²) < 4.78 is 33.8. The fourth-order valence-corrected chi connectivity index (χ4v) is 8.06. The standard InChI is InChI=1S/C28H30ClN5O4S/c1-17-10-19-12-21(14-30)31-27(19)26(11-17)39(36,37)34-9-6-25(34)28(35)32-20-2-3-23(24(29)13-20)18-4-7-33(8-5-18)22-15-38-16-22/h2-3,10-13,18,22,25,31H,4-9,15-16H2,1H3,(H,32,35)/t25-/m0/s1. The molecule has 1 amide bonds. The first-order chi connectivity index (χ1) is 18.7. The minimum atomic E-state index is -3.98. The second-order valence-corrected chi connectivity index (χ2v) is 12.9. The Kier molecular flexibility index (Phi) is 6.90. The Balaban J connectivity index is 1.15. The maximum atomic E-state index is 13.6. The number of aromatic nitrogens is 1. The number of nitriles is 1. The van der Waals surface area contributed by atoms with Crippen LogP contribution in [0.2, 0.25) is 5.02 Å². The van der Waals surface area contributed by atoms with E-state index in [2.05, 4.69) is 15.2 Å². The minimum absolute atomic E-state index is 0.0692. The highest BCUT2D eigenvalue weighted by molar-refractivity contribution is 7.89. The molecule has 3 fully saturated rings. The minimum Gasteiger partial charge on any atom is -0.378 e. The number of amides is 1. The van der Waals surface area contributed by atoms with Crippen molar-refractivity contribution in [3.63, 3.8) is 0 Å². The van der Waals surface area contributed by atoms with Crippen LogP contribution in [0.25, 0.3) is 10.9 Å². The van der Waals surface area contributed by atoms with E-state index < -0.39 is 22.0 Å². The molecule has 3 saturated heterocycles. The molecule has 0 saturated carbocycles. The van der Waals surface area contributed by atoms with Crippen LogP contribution in [-0.4, -0.2) is 73.4 Å². The first-order valence-electron chi connectivity index (χ1n) is 13.2. The van der Waals surface area contributed by atoms with Gasteiger partial charge in [-0.3, -0.25) is 9.69 Å². The zero-order valence-electron chi connectivity index (χ0n) is 21.6.